The van der Waals surface area contributed by atoms with E-state index in [1.807, 2.05) is 11.4 Å². The maximum absolute atomic E-state index is 11.8. The van der Waals surface area contributed by atoms with Crippen LogP contribution in [0.1, 0.15) is 6.42 Å². The van der Waals surface area contributed by atoms with E-state index in [2.05, 4.69) is 0 Å². The van der Waals surface area contributed by atoms with Crippen molar-refractivity contribution in [2.45, 2.75) is 13.0 Å². The molecule has 0 unspecified atom stereocenters. The molecule has 6 heteroatoms. The van der Waals surface area contributed by atoms with Crippen molar-refractivity contribution < 1.29 is 0 Å². The summed E-state index contributed by atoms with van der Waals surface area (Å²) < 4.78 is 1.70. The Morgan fingerprint density at radius 1 is 1.33 bits per heavy atom. The summed E-state index contributed by atoms with van der Waals surface area (Å²) in [6.45, 7) is 1.16. The Balaban J connectivity index is 2.47. The first-order valence-electron chi connectivity index (χ1n) is 5.47. The summed E-state index contributed by atoms with van der Waals surface area (Å²) in [4.78, 5) is 11.8. The van der Waals surface area contributed by atoms with Gasteiger partial charge >= 0.3 is 4.87 Å². The van der Waals surface area contributed by atoms with Gasteiger partial charge in [-0.3, -0.25) is 9.36 Å². The standard InChI is InChI=1S/C12H12Cl2N2OS/c13-8-2-3-9(10(14)6-8)11-7-18-12(17)16(11)5-1-4-15/h2-3,6-7H,1,4-5,15H2. The summed E-state index contributed by atoms with van der Waals surface area (Å²) in [5.41, 5.74) is 7.11. The predicted octanol–water partition coefficient (Wildman–Crippen LogP) is 3.23. The van der Waals surface area contributed by atoms with Crippen LogP contribution in [0.2, 0.25) is 10.0 Å². The molecule has 2 aromatic rings. The highest BCUT2D eigenvalue weighted by Gasteiger charge is 2.11. The summed E-state index contributed by atoms with van der Waals surface area (Å²) in [5.74, 6) is 0. The fourth-order valence-electron chi connectivity index (χ4n) is 1.70. The number of thiazole rings is 1. The number of halogens is 2. The quantitative estimate of drug-likeness (QED) is 0.942. The third-order valence-corrected chi connectivity index (χ3v) is 3.89. The molecule has 0 aliphatic carbocycles. The first kappa shape index (κ1) is 13.6. The van der Waals surface area contributed by atoms with Gasteiger partial charge in [-0.2, -0.15) is 0 Å². The zero-order chi connectivity index (χ0) is 13.1. The molecule has 1 aromatic heterocycles. The summed E-state index contributed by atoms with van der Waals surface area (Å²) in [6.07, 6.45) is 0.759. The van der Waals surface area contributed by atoms with Crippen molar-refractivity contribution in [3.05, 3.63) is 43.3 Å². The van der Waals surface area contributed by atoms with E-state index >= 15 is 0 Å². The molecule has 0 aliphatic rings. The second-order valence-corrected chi connectivity index (χ2v) is 5.47. The normalized spacial score (nSPS) is 10.8. The van der Waals surface area contributed by atoms with E-state index in [1.165, 1.54) is 0 Å². The molecule has 0 saturated heterocycles. The number of benzene rings is 1. The smallest absolute Gasteiger partial charge is 0.307 e. The Hall–Kier alpha value is -0.810. The molecule has 0 atom stereocenters. The van der Waals surface area contributed by atoms with Crippen molar-refractivity contribution in [3.63, 3.8) is 0 Å². The van der Waals surface area contributed by atoms with E-state index in [1.54, 1.807) is 16.7 Å². The van der Waals surface area contributed by atoms with Crippen LogP contribution >= 0.6 is 34.5 Å². The lowest BCUT2D eigenvalue weighted by Crippen LogP contribution is -2.16. The molecule has 18 heavy (non-hydrogen) atoms. The highest BCUT2D eigenvalue weighted by molar-refractivity contribution is 7.07. The van der Waals surface area contributed by atoms with E-state index in [4.69, 9.17) is 28.9 Å². The molecule has 0 fully saturated rings. The monoisotopic (exact) mass is 302 g/mol. The first-order valence-corrected chi connectivity index (χ1v) is 7.11. The molecule has 3 nitrogen and oxygen atoms in total. The predicted molar refractivity (Wildman–Crippen MR) is 77.7 cm³/mol. The van der Waals surface area contributed by atoms with Crippen molar-refractivity contribution in [1.29, 1.82) is 0 Å². The van der Waals surface area contributed by atoms with Crippen LogP contribution in [0, 0.1) is 0 Å². The summed E-state index contributed by atoms with van der Waals surface area (Å²) in [6, 6.07) is 5.26. The van der Waals surface area contributed by atoms with Crippen molar-refractivity contribution >= 4 is 34.5 Å². The van der Waals surface area contributed by atoms with Crippen LogP contribution in [0.4, 0.5) is 0 Å². The summed E-state index contributed by atoms with van der Waals surface area (Å²) in [7, 11) is 0. The number of aromatic nitrogens is 1. The zero-order valence-electron chi connectivity index (χ0n) is 9.53. The molecule has 0 aliphatic heterocycles. The lowest BCUT2D eigenvalue weighted by molar-refractivity contribution is 0.648. The van der Waals surface area contributed by atoms with Crippen LogP contribution in [-0.4, -0.2) is 11.1 Å². The van der Waals surface area contributed by atoms with Gasteiger partial charge in [0, 0.05) is 22.5 Å². The zero-order valence-corrected chi connectivity index (χ0v) is 11.9. The fourth-order valence-corrected chi connectivity index (χ4v) is 2.99. The molecule has 96 valence electrons. The number of rotatable bonds is 4. The SMILES string of the molecule is NCCCn1c(-c2ccc(Cl)cc2Cl)csc1=O. The van der Waals surface area contributed by atoms with Gasteiger partial charge in [0.1, 0.15) is 0 Å². The Bertz CT molecular complexity index is 606. The molecule has 2 N–H and O–H groups in total. The third-order valence-electron chi connectivity index (χ3n) is 2.58. The Morgan fingerprint density at radius 3 is 2.78 bits per heavy atom. The van der Waals surface area contributed by atoms with Gasteiger partial charge in [-0.05, 0) is 31.2 Å². The average Bonchev–Trinajstić information content (AvgIpc) is 2.68. The van der Waals surface area contributed by atoms with Gasteiger partial charge in [-0.1, -0.05) is 34.5 Å². The molecule has 0 saturated carbocycles. The summed E-state index contributed by atoms with van der Waals surface area (Å²) in [5, 5.41) is 2.94. The minimum Gasteiger partial charge on any atom is -0.330 e. The van der Waals surface area contributed by atoms with Gasteiger partial charge in [-0.25, -0.2) is 0 Å². The first-order chi connectivity index (χ1) is 8.63. The van der Waals surface area contributed by atoms with Crippen molar-refractivity contribution in [1.82, 2.24) is 4.57 Å². The lowest BCUT2D eigenvalue weighted by Gasteiger charge is -2.08. The molecular weight excluding hydrogens is 291 g/mol. The maximum atomic E-state index is 11.8. The number of hydrogen-bond acceptors (Lipinski definition) is 3. The largest absolute Gasteiger partial charge is 0.330 e. The molecule has 0 amide bonds. The van der Waals surface area contributed by atoms with Crippen LogP contribution in [0.15, 0.2) is 28.4 Å². The lowest BCUT2D eigenvalue weighted by atomic mass is 10.1. The molecule has 0 bridgehead atoms. The average molecular weight is 303 g/mol. The van der Waals surface area contributed by atoms with Crippen molar-refractivity contribution in [2.75, 3.05) is 6.54 Å². The minimum atomic E-state index is 0.00414. The van der Waals surface area contributed by atoms with Gasteiger partial charge < -0.3 is 5.73 Å². The highest BCUT2D eigenvalue weighted by atomic mass is 35.5. The maximum Gasteiger partial charge on any atom is 0.307 e. The topological polar surface area (TPSA) is 48.0 Å². The van der Waals surface area contributed by atoms with E-state index < -0.39 is 0 Å². The van der Waals surface area contributed by atoms with Gasteiger partial charge in [0.05, 0.1) is 10.7 Å². The Morgan fingerprint density at radius 2 is 2.11 bits per heavy atom. The third kappa shape index (κ3) is 2.78. The van der Waals surface area contributed by atoms with Crippen LogP contribution in [0.3, 0.4) is 0 Å². The van der Waals surface area contributed by atoms with Crippen LogP contribution in [0.25, 0.3) is 11.3 Å². The van der Waals surface area contributed by atoms with Gasteiger partial charge in [0.2, 0.25) is 0 Å². The van der Waals surface area contributed by atoms with Gasteiger partial charge in [-0.15, -0.1) is 0 Å². The summed E-state index contributed by atoms with van der Waals surface area (Å²) >= 11 is 13.2. The number of nitrogens with zero attached hydrogens (tertiary/aromatic N) is 1. The molecule has 1 aromatic carbocycles. The molecular formula is C12H12Cl2N2OS. The fraction of sp³-hybridized carbons (Fsp3) is 0.250. The number of nitrogens with two attached hydrogens (primary N) is 1. The van der Waals surface area contributed by atoms with Crippen LogP contribution in [0.5, 0.6) is 0 Å². The van der Waals surface area contributed by atoms with E-state index in [0.29, 0.717) is 23.1 Å². The molecule has 2 rings (SSSR count). The second-order valence-electron chi connectivity index (χ2n) is 3.80. The number of hydrogen-bond donors (Lipinski definition) is 1. The van der Waals surface area contributed by atoms with Crippen LogP contribution < -0.4 is 10.6 Å². The second kappa shape index (κ2) is 5.89. The minimum absolute atomic E-state index is 0.00414. The Kier molecular flexibility index (Phi) is 4.45. The molecule has 1 heterocycles. The van der Waals surface area contributed by atoms with Crippen molar-refractivity contribution in [2.24, 2.45) is 5.73 Å². The van der Waals surface area contributed by atoms with E-state index in [9.17, 15) is 4.79 Å². The molecule has 0 radical (unpaired) electrons. The highest BCUT2D eigenvalue weighted by Crippen LogP contribution is 2.30. The van der Waals surface area contributed by atoms with Gasteiger partial charge in [0.15, 0.2) is 0 Å². The van der Waals surface area contributed by atoms with E-state index in [0.717, 1.165) is 29.0 Å². The Labute approximate surface area is 119 Å². The van der Waals surface area contributed by atoms with Gasteiger partial charge in [0.25, 0.3) is 0 Å². The van der Waals surface area contributed by atoms with E-state index in [-0.39, 0.29) is 4.87 Å². The van der Waals surface area contributed by atoms with Crippen LogP contribution in [-0.2, 0) is 6.54 Å². The van der Waals surface area contributed by atoms with Crippen molar-refractivity contribution in [3.8, 4) is 11.3 Å². The molecule has 0 spiro atoms.